The fourth-order valence-corrected chi connectivity index (χ4v) is 39.2. The molecule has 0 atom stereocenters. The quantitative estimate of drug-likeness (QED) is 0.0709. The second kappa shape index (κ2) is 19.4. The van der Waals surface area contributed by atoms with Gasteiger partial charge in [-0.1, -0.05) is 36.4 Å². The molecule has 0 fully saturated rings. The molecule has 2 aliphatic heterocycles. The Labute approximate surface area is 426 Å². The van der Waals surface area contributed by atoms with Gasteiger partial charge in [0.15, 0.2) is 33.3 Å². The van der Waals surface area contributed by atoms with Gasteiger partial charge in [0.1, 0.15) is 0 Å². The van der Waals surface area contributed by atoms with Crippen LogP contribution >= 0.6 is 45.3 Å². The maximum Gasteiger partial charge on any atom is 0.314 e. The number of amides is 2. The van der Waals surface area contributed by atoms with E-state index in [2.05, 4.69) is 177 Å². The third kappa shape index (κ3) is 12.0. The van der Waals surface area contributed by atoms with Crippen LogP contribution in [0.1, 0.15) is 22.6 Å². The molecule has 68 heavy (non-hydrogen) atoms. The Hall–Kier alpha value is -2.68. The monoisotopic (exact) mass is 1090 g/mol. The molecule has 0 spiro atoms. The highest BCUT2D eigenvalue weighted by Crippen LogP contribution is 2.51. The molecule has 0 N–H and O–H groups in total. The lowest BCUT2D eigenvalue weighted by atomic mass is 10.1. The molecule has 6 heterocycles. The topological polar surface area (TPSA) is 77.5 Å². The molecule has 6 aromatic rings. The van der Waals surface area contributed by atoms with Crippen molar-refractivity contribution in [3.8, 4) is 19.5 Å². The Morgan fingerprint density at radius 3 is 1.06 bits per heavy atom. The van der Waals surface area contributed by atoms with Crippen molar-refractivity contribution >= 4 is 139 Å². The molecule has 0 bridgehead atoms. The molecule has 0 radical (unpaired) electrons. The average Bonchev–Trinajstić information content (AvgIpc) is 4.05. The third-order valence-electron chi connectivity index (χ3n) is 11.3. The van der Waals surface area contributed by atoms with Crippen molar-refractivity contribution in [2.45, 2.75) is 117 Å². The van der Waals surface area contributed by atoms with Crippen LogP contribution in [0.4, 0.5) is 0 Å². The summed E-state index contributed by atoms with van der Waals surface area (Å²) in [6, 6.07) is 31.5. The lowest BCUT2D eigenvalue weighted by Gasteiger charge is -2.39. The number of hydrogen-bond donors (Lipinski definition) is 0. The lowest BCUT2D eigenvalue weighted by molar-refractivity contribution is -0.124. The number of fused-ring (bicyclic) bond motifs is 3. The van der Waals surface area contributed by atoms with Crippen LogP contribution in [0.3, 0.4) is 0 Å². The normalized spacial score (nSPS) is 15.7. The van der Waals surface area contributed by atoms with E-state index in [0.29, 0.717) is 37.1 Å². The zero-order valence-electron chi connectivity index (χ0n) is 42.3. The fourth-order valence-electron chi connectivity index (χ4n) is 9.69. The smallest absolute Gasteiger partial charge is 0.314 e. The standard InChI is InChI=1S/C50H68N2O6S4Si6/c1-63(2,3)55-67(13,56-64(4,5)6)31-19-29-51-47(41-27-25-39(61-41)43-33-35-21-15-17-23-37(35)59-43)45-46(49(51)53)48(42-28-26-40(62-42)44-34-36-22-16-18-24-38(36)60-44)52(50(45)54)30-20-32-68(14,57-65(7,8)9)58-66(10,11)12/h15-18,21-28,33-34H,19-20,29-32H2,1-14H3. The summed E-state index contributed by atoms with van der Waals surface area (Å²) in [4.78, 5) is 41.5. The Morgan fingerprint density at radius 1 is 0.412 bits per heavy atom. The van der Waals surface area contributed by atoms with E-state index in [0.717, 1.165) is 43.0 Å². The third-order valence-corrected chi connectivity index (χ3v) is 35.3. The van der Waals surface area contributed by atoms with Gasteiger partial charge in [-0.05, 0) is 176 Å². The number of carbonyl (C=O) groups is 2. The predicted octanol–water partition coefficient (Wildman–Crippen LogP) is 15.7. The van der Waals surface area contributed by atoms with Gasteiger partial charge in [-0.25, -0.2) is 0 Å². The zero-order valence-corrected chi connectivity index (χ0v) is 51.6. The van der Waals surface area contributed by atoms with Crippen molar-refractivity contribution in [1.82, 2.24) is 9.80 Å². The summed E-state index contributed by atoms with van der Waals surface area (Å²) in [6.07, 6.45) is 1.39. The van der Waals surface area contributed by atoms with Crippen molar-refractivity contribution in [3.63, 3.8) is 0 Å². The largest absolute Gasteiger partial charge is 0.437 e. The predicted molar refractivity (Wildman–Crippen MR) is 307 cm³/mol. The van der Waals surface area contributed by atoms with Crippen molar-refractivity contribution < 1.29 is 26.0 Å². The van der Waals surface area contributed by atoms with Crippen molar-refractivity contribution in [2.75, 3.05) is 13.1 Å². The molecule has 2 aliphatic rings. The Bertz CT molecular complexity index is 2630. The summed E-state index contributed by atoms with van der Waals surface area (Å²) in [6.45, 7) is 32.1. The van der Waals surface area contributed by atoms with Gasteiger partial charge in [0.05, 0.1) is 32.3 Å². The van der Waals surface area contributed by atoms with Gasteiger partial charge >= 0.3 is 17.1 Å². The Kier molecular flexibility index (Phi) is 14.7. The maximum absolute atomic E-state index is 15.6. The SMILES string of the molecule is C[Si](C)(C)O[Si](C)(CCCN1C(=O)C2=C(c3ccc(-c4cc5ccccc5s4)s3)N(CCC[Si](C)(O[Si](C)(C)C)O[Si](C)(C)C)C(=O)C2=C1c1ccc(-c2cc3ccccc3s2)s1)O[Si](C)(C)C. The number of benzene rings is 2. The fraction of sp³-hybridized carbons (Fsp3) is 0.400. The first-order chi connectivity index (χ1) is 31.7. The number of hydrogen-bond acceptors (Lipinski definition) is 10. The lowest BCUT2D eigenvalue weighted by Crippen LogP contribution is -2.52. The molecular formula is C50H68N2O6S4Si6. The summed E-state index contributed by atoms with van der Waals surface area (Å²) < 4.78 is 30.2. The van der Waals surface area contributed by atoms with E-state index in [1.54, 1.807) is 45.3 Å². The van der Waals surface area contributed by atoms with Crippen LogP contribution in [0.5, 0.6) is 0 Å². The van der Waals surface area contributed by atoms with Crippen LogP contribution in [0.2, 0.25) is 104 Å². The first-order valence-corrected chi connectivity index (χ1v) is 45.7. The molecular weight excluding hydrogens is 1020 g/mol. The van der Waals surface area contributed by atoms with E-state index in [-0.39, 0.29) is 11.8 Å². The Morgan fingerprint density at radius 2 is 0.735 bits per heavy atom. The van der Waals surface area contributed by atoms with Gasteiger partial charge in [0.2, 0.25) is 0 Å². The van der Waals surface area contributed by atoms with Crippen LogP contribution in [0.25, 0.3) is 51.1 Å². The molecule has 0 unspecified atom stereocenters. The molecule has 0 saturated carbocycles. The number of nitrogens with zero attached hydrogens (tertiary/aromatic N) is 2. The summed E-state index contributed by atoms with van der Waals surface area (Å²) in [5.41, 5.74) is 2.47. The van der Waals surface area contributed by atoms with E-state index in [9.17, 15) is 0 Å². The van der Waals surface area contributed by atoms with E-state index < -0.39 is 50.4 Å². The molecule has 0 aliphatic carbocycles. The van der Waals surface area contributed by atoms with Gasteiger partial charge in [-0.2, -0.15) is 0 Å². The first kappa shape index (κ1) is 51.7. The van der Waals surface area contributed by atoms with Crippen LogP contribution in [0.15, 0.2) is 96.1 Å². The summed E-state index contributed by atoms with van der Waals surface area (Å²) in [5, 5.41) is 2.42. The van der Waals surface area contributed by atoms with E-state index in [1.807, 2.05) is 9.80 Å². The van der Waals surface area contributed by atoms with E-state index in [4.69, 9.17) is 16.5 Å². The molecule has 18 heteroatoms. The maximum atomic E-state index is 15.6. The van der Waals surface area contributed by atoms with Crippen LogP contribution in [-0.4, -0.2) is 85.1 Å². The van der Waals surface area contributed by atoms with Gasteiger partial charge in [-0.15, -0.1) is 45.3 Å². The van der Waals surface area contributed by atoms with Crippen molar-refractivity contribution in [3.05, 3.63) is 106 Å². The second-order valence-corrected chi connectivity index (χ2v) is 52.4. The minimum atomic E-state index is -2.62. The van der Waals surface area contributed by atoms with Gasteiger partial charge in [0.25, 0.3) is 11.8 Å². The first-order valence-electron chi connectivity index (χ1n) is 23.8. The number of carbonyl (C=O) groups excluding carboxylic acids is 2. The summed E-state index contributed by atoms with van der Waals surface area (Å²) >= 11 is 6.87. The van der Waals surface area contributed by atoms with Crippen molar-refractivity contribution in [1.29, 1.82) is 0 Å². The molecule has 4 aromatic heterocycles. The second-order valence-electron chi connectivity index (χ2n) is 22.3. The molecule has 362 valence electrons. The van der Waals surface area contributed by atoms with Gasteiger partial charge < -0.3 is 26.3 Å². The van der Waals surface area contributed by atoms with E-state index in [1.165, 1.54) is 29.9 Å². The highest BCUT2D eigenvalue weighted by Gasteiger charge is 2.50. The highest BCUT2D eigenvalue weighted by molar-refractivity contribution is 7.27. The minimum absolute atomic E-state index is 0.113. The minimum Gasteiger partial charge on any atom is -0.437 e. The van der Waals surface area contributed by atoms with Gasteiger partial charge in [0, 0.05) is 42.0 Å². The van der Waals surface area contributed by atoms with Crippen LogP contribution in [-0.2, 0) is 26.0 Å². The molecule has 8 nitrogen and oxygen atoms in total. The molecule has 8 rings (SSSR count). The van der Waals surface area contributed by atoms with Crippen LogP contribution < -0.4 is 0 Å². The molecule has 2 aromatic carbocycles. The molecule has 0 saturated heterocycles. The van der Waals surface area contributed by atoms with Crippen LogP contribution in [0, 0.1) is 0 Å². The van der Waals surface area contributed by atoms with Crippen molar-refractivity contribution in [2.24, 2.45) is 0 Å². The summed E-state index contributed by atoms with van der Waals surface area (Å²) in [5.74, 6) is -0.225. The van der Waals surface area contributed by atoms with E-state index >= 15 is 9.59 Å². The number of thiophene rings is 4. The molecule has 2 amide bonds. The van der Waals surface area contributed by atoms with Gasteiger partial charge in [-0.3, -0.25) is 9.59 Å². The zero-order chi connectivity index (χ0) is 49.2. The Balaban J connectivity index is 1.23. The average molecular weight is 1090 g/mol. The summed E-state index contributed by atoms with van der Waals surface area (Å²) in [7, 11) is -13.0. The number of rotatable bonds is 20. The highest BCUT2D eigenvalue weighted by atomic mass is 32.1.